The number of rotatable bonds is 2. The van der Waals surface area contributed by atoms with E-state index < -0.39 is 0 Å². The lowest BCUT2D eigenvalue weighted by Crippen LogP contribution is -1.85. The number of H-pyrrole nitrogens is 1. The Morgan fingerprint density at radius 3 is 2.81 bits per heavy atom. The zero-order valence-electron chi connectivity index (χ0n) is 8.84. The molecule has 0 saturated carbocycles. The minimum absolute atomic E-state index is 0.615. The lowest BCUT2D eigenvalue weighted by Gasteiger charge is -1.96. The van der Waals surface area contributed by atoms with Crippen LogP contribution >= 0.6 is 0 Å². The van der Waals surface area contributed by atoms with Gasteiger partial charge in [0, 0.05) is 18.0 Å². The Morgan fingerprint density at radius 2 is 2.06 bits per heavy atom. The maximum atomic E-state index is 5.22. The summed E-state index contributed by atoms with van der Waals surface area (Å²) in [5.41, 5.74) is 1.95. The van der Waals surface area contributed by atoms with Crippen LogP contribution in [0.15, 0.2) is 42.7 Å². The zero-order valence-corrected chi connectivity index (χ0v) is 8.84. The van der Waals surface area contributed by atoms with E-state index in [9.17, 15) is 0 Å². The lowest BCUT2D eigenvalue weighted by molar-refractivity contribution is 0.404. The van der Waals surface area contributed by atoms with Gasteiger partial charge in [0.25, 0.3) is 5.88 Å². The highest BCUT2D eigenvalue weighted by molar-refractivity contribution is 5.65. The van der Waals surface area contributed by atoms with E-state index in [1.54, 1.807) is 7.11 Å². The first kappa shape index (κ1) is 9.03. The van der Waals surface area contributed by atoms with Gasteiger partial charge in [-0.2, -0.15) is 4.98 Å². The smallest absolute Gasteiger partial charge is 0.258 e. The van der Waals surface area contributed by atoms with Gasteiger partial charge in [-0.05, 0) is 0 Å². The van der Waals surface area contributed by atoms with Gasteiger partial charge in [-0.25, -0.2) is 0 Å². The van der Waals surface area contributed by atoms with E-state index in [1.807, 2.05) is 47.1 Å². The molecular weight excluding hydrogens is 202 g/mol. The Morgan fingerprint density at radius 1 is 1.25 bits per heavy atom. The highest BCUT2D eigenvalue weighted by Gasteiger charge is 2.12. The molecule has 4 heteroatoms. The van der Waals surface area contributed by atoms with Crippen molar-refractivity contribution in [3.63, 3.8) is 0 Å². The van der Waals surface area contributed by atoms with Gasteiger partial charge in [0.15, 0.2) is 5.65 Å². The van der Waals surface area contributed by atoms with E-state index in [2.05, 4.69) is 9.97 Å². The standard InChI is InChI=1S/C12H11N3O/c1-16-12-11-13-7-8-15(11)10(14-12)9-5-3-2-4-6-9/h2-8,13H,1H3. The van der Waals surface area contributed by atoms with Crippen LogP contribution in [0.4, 0.5) is 0 Å². The van der Waals surface area contributed by atoms with Gasteiger partial charge in [-0.1, -0.05) is 30.3 Å². The van der Waals surface area contributed by atoms with Gasteiger partial charge in [0.05, 0.1) is 7.11 Å². The minimum Gasteiger partial charge on any atom is -0.478 e. The summed E-state index contributed by atoms with van der Waals surface area (Å²) in [4.78, 5) is 7.55. The van der Waals surface area contributed by atoms with Gasteiger partial charge in [0.1, 0.15) is 5.82 Å². The van der Waals surface area contributed by atoms with Crippen molar-refractivity contribution in [2.45, 2.75) is 0 Å². The molecule has 0 fully saturated rings. The van der Waals surface area contributed by atoms with Crippen molar-refractivity contribution in [3.8, 4) is 17.3 Å². The number of aromatic nitrogens is 3. The fraction of sp³-hybridized carbons (Fsp3) is 0.0833. The van der Waals surface area contributed by atoms with Crippen LogP contribution in [0.3, 0.4) is 0 Å². The summed E-state index contributed by atoms with van der Waals surface area (Å²) in [5.74, 6) is 1.50. The van der Waals surface area contributed by atoms with Crippen LogP contribution in [0.5, 0.6) is 5.88 Å². The van der Waals surface area contributed by atoms with E-state index in [1.165, 1.54) is 0 Å². The molecule has 0 aliphatic heterocycles. The second-order valence-corrected chi connectivity index (χ2v) is 3.49. The number of nitrogens with one attached hydrogen (secondary N) is 1. The van der Waals surface area contributed by atoms with Crippen molar-refractivity contribution in [1.82, 2.24) is 14.4 Å². The Kier molecular flexibility index (Phi) is 1.93. The molecule has 1 aromatic carbocycles. The second-order valence-electron chi connectivity index (χ2n) is 3.49. The highest BCUT2D eigenvalue weighted by Crippen LogP contribution is 2.25. The number of nitrogens with zero attached hydrogens (tertiary/aromatic N) is 2. The molecule has 2 aromatic heterocycles. The molecule has 3 rings (SSSR count). The monoisotopic (exact) mass is 213 g/mol. The summed E-state index contributed by atoms with van der Waals surface area (Å²) in [7, 11) is 1.62. The maximum Gasteiger partial charge on any atom is 0.258 e. The molecule has 0 aliphatic carbocycles. The molecule has 1 N–H and O–H groups in total. The molecule has 0 bridgehead atoms. The van der Waals surface area contributed by atoms with E-state index in [0.29, 0.717) is 5.88 Å². The van der Waals surface area contributed by atoms with Crippen molar-refractivity contribution in [2.75, 3.05) is 7.11 Å². The number of benzene rings is 1. The van der Waals surface area contributed by atoms with Gasteiger partial charge in [-0.3, -0.25) is 4.40 Å². The average molecular weight is 213 g/mol. The van der Waals surface area contributed by atoms with E-state index in [4.69, 9.17) is 4.74 Å². The largest absolute Gasteiger partial charge is 0.478 e. The topological polar surface area (TPSA) is 42.3 Å². The van der Waals surface area contributed by atoms with Crippen molar-refractivity contribution >= 4 is 5.65 Å². The predicted octanol–water partition coefficient (Wildman–Crippen LogP) is 2.34. The summed E-state index contributed by atoms with van der Waals surface area (Å²) in [6.07, 6.45) is 3.80. The van der Waals surface area contributed by atoms with Crippen LogP contribution in [0.25, 0.3) is 17.0 Å². The number of methoxy groups -OCH3 is 1. The van der Waals surface area contributed by atoms with Gasteiger partial charge >= 0.3 is 0 Å². The van der Waals surface area contributed by atoms with Crippen LogP contribution in [-0.2, 0) is 0 Å². The molecule has 3 aromatic rings. The first-order chi connectivity index (χ1) is 7.90. The average Bonchev–Trinajstić information content (AvgIpc) is 2.91. The molecule has 0 atom stereocenters. The Balaban J connectivity index is 2.28. The molecule has 2 heterocycles. The third-order valence-corrected chi connectivity index (χ3v) is 2.55. The fourth-order valence-corrected chi connectivity index (χ4v) is 1.81. The van der Waals surface area contributed by atoms with Crippen molar-refractivity contribution in [1.29, 1.82) is 0 Å². The van der Waals surface area contributed by atoms with Gasteiger partial charge in [-0.15, -0.1) is 0 Å². The second kappa shape index (κ2) is 3.41. The van der Waals surface area contributed by atoms with E-state index in [0.717, 1.165) is 17.0 Å². The number of ether oxygens (including phenoxy) is 1. The third-order valence-electron chi connectivity index (χ3n) is 2.55. The molecule has 4 nitrogen and oxygen atoms in total. The lowest BCUT2D eigenvalue weighted by atomic mass is 10.2. The number of fused-ring (bicyclic) bond motifs is 1. The van der Waals surface area contributed by atoms with E-state index in [-0.39, 0.29) is 0 Å². The van der Waals surface area contributed by atoms with Crippen LogP contribution in [-0.4, -0.2) is 21.5 Å². The molecule has 16 heavy (non-hydrogen) atoms. The summed E-state index contributed by atoms with van der Waals surface area (Å²) >= 11 is 0. The molecule has 0 unspecified atom stereocenters. The summed E-state index contributed by atoms with van der Waals surface area (Å²) in [5, 5.41) is 0. The Bertz CT molecular complexity index is 610. The molecule has 0 saturated heterocycles. The first-order valence-electron chi connectivity index (χ1n) is 5.05. The third kappa shape index (κ3) is 1.20. The fourth-order valence-electron chi connectivity index (χ4n) is 1.81. The van der Waals surface area contributed by atoms with Crippen molar-refractivity contribution < 1.29 is 4.74 Å². The molecular formula is C12H11N3O. The Hall–Kier alpha value is -2.23. The van der Waals surface area contributed by atoms with Gasteiger partial charge < -0.3 is 9.72 Å². The number of hydrogen-bond donors (Lipinski definition) is 1. The molecule has 0 radical (unpaired) electrons. The first-order valence-corrected chi connectivity index (χ1v) is 5.05. The Labute approximate surface area is 92.5 Å². The minimum atomic E-state index is 0.615. The van der Waals surface area contributed by atoms with Gasteiger partial charge in [0.2, 0.25) is 0 Å². The molecule has 0 amide bonds. The molecule has 0 spiro atoms. The zero-order chi connectivity index (χ0) is 11.0. The van der Waals surface area contributed by atoms with Crippen LogP contribution < -0.4 is 4.74 Å². The molecule has 0 aliphatic rings. The maximum absolute atomic E-state index is 5.22. The van der Waals surface area contributed by atoms with E-state index >= 15 is 0 Å². The number of hydrogen-bond acceptors (Lipinski definition) is 2. The summed E-state index contributed by atoms with van der Waals surface area (Å²) in [6.45, 7) is 0. The SMILES string of the molecule is COc1nc(-c2ccccc2)n2cc[nH]c12. The number of imidazole rings is 2. The quantitative estimate of drug-likeness (QED) is 0.710. The van der Waals surface area contributed by atoms with Crippen LogP contribution in [0.2, 0.25) is 0 Å². The molecule has 80 valence electrons. The normalized spacial score (nSPS) is 10.8. The number of aromatic amines is 1. The van der Waals surface area contributed by atoms with Crippen molar-refractivity contribution in [2.24, 2.45) is 0 Å². The summed E-state index contributed by atoms with van der Waals surface area (Å²) < 4.78 is 7.21. The van der Waals surface area contributed by atoms with Crippen LogP contribution in [0, 0.1) is 0 Å². The van der Waals surface area contributed by atoms with Crippen LogP contribution in [0.1, 0.15) is 0 Å². The summed E-state index contributed by atoms with van der Waals surface area (Å²) in [6, 6.07) is 10.0. The highest BCUT2D eigenvalue weighted by atomic mass is 16.5. The van der Waals surface area contributed by atoms with Crippen molar-refractivity contribution in [3.05, 3.63) is 42.7 Å². The predicted molar refractivity (Wildman–Crippen MR) is 61.5 cm³/mol.